The normalized spacial score (nSPS) is 17.9. The SMILES string of the molecule is Cc1[nH]nc(C(C)C)c1CCN1CCNCC1. The molecule has 0 amide bonds. The minimum Gasteiger partial charge on any atom is -0.314 e. The molecule has 0 unspecified atom stereocenters. The number of rotatable bonds is 4. The van der Waals surface area contributed by atoms with E-state index < -0.39 is 0 Å². The van der Waals surface area contributed by atoms with Gasteiger partial charge in [-0.05, 0) is 24.8 Å². The zero-order valence-corrected chi connectivity index (χ0v) is 11.2. The van der Waals surface area contributed by atoms with Gasteiger partial charge in [-0.15, -0.1) is 0 Å². The van der Waals surface area contributed by atoms with E-state index in [1.807, 2.05) is 0 Å². The third-order valence-electron chi connectivity index (χ3n) is 3.54. The lowest BCUT2D eigenvalue weighted by Crippen LogP contribution is -2.44. The molecule has 4 nitrogen and oxygen atoms in total. The molecule has 2 heterocycles. The van der Waals surface area contributed by atoms with Crippen molar-refractivity contribution in [2.75, 3.05) is 32.7 Å². The van der Waals surface area contributed by atoms with Gasteiger partial charge in [0.25, 0.3) is 0 Å². The van der Waals surface area contributed by atoms with Crippen LogP contribution in [0.5, 0.6) is 0 Å². The van der Waals surface area contributed by atoms with Gasteiger partial charge in [-0.25, -0.2) is 0 Å². The summed E-state index contributed by atoms with van der Waals surface area (Å²) in [4.78, 5) is 2.53. The maximum Gasteiger partial charge on any atom is 0.0682 e. The predicted octanol–water partition coefficient (Wildman–Crippen LogP) is 1.29. The zero-order chi connectivity index (χ0) is 12.3. The Bertz CT molecular complexity index is 350. The highest BCUT2D eigenvalue weighted by atomic mass is 15.2. The summed E-state index contributed by atoms with van der Waals surface area (Å²) in [6.07, 6.45) is 1.12. The fraction of sp³-hybridized carbons (Fsp3) is 0.769. The molecule has 0 atom stereocenters. The number of H-pyrrole nitrogens is 1. The van der Waals surface area contributed by atoms with Crippen molar-refractivity contribution in [3.8, 4) is 0 Å². The molecule has 1 aliphatic heterocycles. The van der Waals surface area contributed by atoms with Gasteiger partial charge < -0.3 is 10.2 Å². The molecule has 0 radical (unpaired) electrons. The fourth-order valence-electron chi connectivity index (χ4n) is 2.47. The lowest BCUT2D eigenvalue weighted by molar-refractivity contribution is 0.243. The molecule has 96 valence electrons. The highest BCUT2D eigenvalue weighted by molar-refractivity contribution is 5.27. The van der Waals surface area contributed by atoms with Crippen LogP contribution < -0.4 is 5.32 Å². The van der Waals surface area contributed by atoms with Gasteiger partial charge in [0.2, 0.25) is 0 Å². The van der Waals surface area contributed by atoms with Crippen LogP contribution in [-0.4, -0.2) is 47.8 Å². The average molecular weight is 236 g/mol. The standard InChI is InChI=1S/C13H24N4/c1-10(2)13-12(11(3)15-16-13)4-7-17-8-5-14-6-9-17/h10,14H,4-9H2,1-3H3,(H,15,16). The van der Waals surface area contributed by atoms with E-state index >= 15 is 0 Å². The highest BCUT2D eigenvalue weighted by Crippen LogP contribution is 2.20. The molecule has 1 aromatic rings. The van der Waals surface area contributed by atoms with Crippen LogP contribution >= 0.6 is 0 Å². The van der Waals surface area contributed by atoms with Crippen LogP contribution in [0.1, 0.15) is 36.7 Å². The quantitative estimate of drug-likeness (QED) is 0.828. The van der Waals surface area contributed by atoms with Gasteiger partial charge in [-0.3, -0.25) is 5.10 Å². The summed E-state index contributed by atoms with van der Waals surface area (Å²) in [5.41, 5.74) is 3.92. The molecule has 1 saturated heterocycles. The molecule has 2 N–H and O–H groups in total. The monoisotopic (exact) mass is 236 g/mol. The zero-order valence-electron chi connectivity index (χ0n) is 11.2. The van der Waals surface area contributed by atoms with Crippen LogP contribution in [0.4, 0.5) is 0 Å². The van der Waals surface area contributed by atoms with E-state index in [9.17, 15) is 0 Å². The minimum atomic E-state index is 0.512. The molecule has 0 aliphatic carbocycles. The Morgan fingerprint density at radius 2 is 2.00 bits per heavy atom. The largest absolute Gasteiger partial charge is 0.314 e. The number of aromatic amines is 1. The van der Waals surface area contributed by atoms with Crippen molar-refractivity contribution in [3.05, 3.63) is 17.0 Å². The second-order valence-electron chi connectivity index (χ2n) is 5.21. The van der Waals surface area contributed by atoms with Gasteiger partial charge in [0, 0.05) is 38.4 Å². The van der Waals surface area contributed by atoms with Gasteiger partial charge in [0.1, 0.15) is 0 Å². The smallest absolute Gasteiger partial charge is 0.0682 e. The van der Waals surface area contributed by atoms with Crippen LogP contribution in [0.15, 0.2) is 0 Å². The van der Waals surface area contributed by atoms with E-state index in [4.69, 9.17) is 0 Å². The highest BCUT2D eigenvalue weighted by Gasteiger charge is 2.15. The molecule has 2 rings (SSSR count). The van der Waals surface area contributed by atoms with Crippen molar-refractivity contribution >= 4 is 0 Å². The maximum atomic E-state index is 4.42. The Morgan fingerprint density at radius 1 is 1.29 bits per heavy atom. The van der Waals surface area contributed by atoms with Gasteiger partial charge in [-0.1, -0.05) is 13.8 Å². The molecule has 1 aliphatic rings. The summed E-state index contributed by atoms with van der Waals surface area (Å²) >= 11 is 0. The number of piperazine rings is 1. The van der Waals surface area contributed by atoms with Crippen LogP contribution in [0.25, 0.3) is 0 Å². The van der Waals surface area contributed by atoms with Crippen molar-refractivity contribution in [2.45, 2.75) is 33.1 Å². The van der Waals surface area contributed by atoms with Crippen molar-refractivity contribution in [1.82, 2.24) is 20.4 Å². The molecule has 17 heavy (non-hydrogen) atoms. The van der Waals surface area contributed by atoms with E-state index in [2.05, 4.69) is 41.2 Å². The third kappa shape index (κ3) is 3.07. The van der Waals surface area contributed by atoms with Gasteiger partial charge in [-0.2, -0.15) is 5.10 Å². The number of aryl methyl sites for hydroxylation is 1. The Hall–Kier alpha value is -0.870. The first-order valence-corrected chi connectivity index (χ1v) is 6.65. The molecule has 1 aromatic heterocycles. The molecular weight excluding hydrogens is 212 g/mol. The molecule has 0 spiro atoms. The summed E-state index contributed by atoms with van der Waals surface area (Å²) in [7, 11) is 0. The number of hydrogen-bond donors (Lipinski definition) is 2. The van der Waals surface area contributed by atoms with E-state index in [-0.39, 0.29) is 0 Å². The van der Waals surface area contributed by atoms with E-state index in [1.54, 1.807) is 0 Å². The van der Waals surface area contributed by atoms with Gasteiger partial charge in [0.05, 0.1) is 5.69 Å². The Labute approximate surface area is 104 Å². The fourth-order valence-corrected chi connectivity index (χ4v) is 2.47. The van der Waals surface area contributed by atoms with Crippen LogP contribution in [0, 0.1) is 6.92 Å². The number of nitrogens with zero attached hydrogens (tertiary/aromatic N) is 2. The molecule has 1 fully saturated rings. The number of nitrogens with one attached hydrogen (secondary N) is 2. The van der Waals surface area contributed by atoms with Crippen molar-refractivity contribution in [3.63, 3.8) is 0 Å². The van der Waals surface area contributed by atoms with Crippen molar-refractivity contribution in [1.29, 1.82) is 0 Å². The summed E-state index contributed by atoms with van der Waals surface area (Å²) in [6, 6.07) is 0. The summed E-state index contributed by atoms with van der Waals surface area (Å²) in [5.74, 6) is 0.512. The van der Waals surface area contributed by atoms with E-state index in [0.717, 1.165) is 26.1 Å². The maximum absolute atomic E-state index is 4.42. The van der Waals surface area contributed by atoms with E-state index in [1.165, 1.54) is 30.0 Å². The van der Waals surface area contributed by atoms with Crippen LogP contribution in [0.3, 0.4) is 0 Å². The van der Waals surface area contributed by atoms with Gasteiger partial charge >= 0.3 is 0 Å². The van der Waals surface area contributed by atoms with Crippen molar-refractivity contribution in [2.24, 2.45) is 0 Å². The molecule has 0 saturated carbocycles. The predicted molar refractivity (Wildman–Crippen MR) is 70.4 cm³/mol. The lowest BCUT2D eigenvalue weighted by Gasteiger charge is -2.27. The third-order valence-corrected chi connectivity index (χ3v) is 3.54. The average Bonchev–Trinajstić information content (AvgIpc) is 2.69. The second kappa shape index (κ2) is 5.65. The first kappa shape index (κ1) is 12.6. The Morgan fingerprint density at radius 3 is 2.65 bits per heavy atom. The Kier molecular flexibility index (Phi) is 4.18. The summed E-state index contributed by atoms with van der Waals surface area (Å²) < 4.78 is 0. The van der Waals surface area contributed by atoms with Crippen LogP contribution in [-0.2, 0) is 6.42 Å². The van der Waals surface area contributed by atoms with Crippen LogP contribution in [0.2, 0.25) is 0 Å². The summed E-state index contributed by atoms with van der Waals surface area (Å²) in [5, 5.41) is 10.9. The first-order chi connectivity index (χ1) is 8.18. The molecule has 0 aromatic carbocycles. The molecular formula is C13H24N4. The Balaban J connectivity index is 1.95. The first-order valence-electron chi connectivity index (χ1n) is 6.65. The molecule has 0 bridgehead atoms. The second-order valence-corrected chi connectivity index (χ2v) is 5.21. The van der Waals surface area contributed by atoms with Gasteiger partial charge in [0.15, 0.2) is 0 Å². The lowest BCUT2D eigenvalue weighted by atomic mass is 10.0. The number of aromatic nitrogens is 2. The summed E-state index contributed by atoms with van der Waals surface area (Å²) in [6.45, 7) is 12.3. The minimum absolute atomic E-state index is 0.512. The number of hydrogen-bond acceptors (Lipinski definition) is 3. The van der Waals surface area contributed by atoms with E-state index in [0.29, 0.717) is 5.92 Å². The van der Waals surface area contributed by atoms with Crippen molar-refractivity contribution < 1.29 is 0 Å². The molecule has 4 heteroatoms. The topological polar surface area (TPSA) is 44.0 Å².